The van der Waals surface area contributed by atoms with Crippen molar-refractivity contribution in [1.29, 1.82) is 0 Å². The summed E-state index contributed by atoms with van der Waals surface area (Å²) in [6.07, 6.45) is -16.6. The van der Waals surface area contributed by atoms with Crippen molar-refractivity contribution in [3.8, 4) is 0 Å². The van der Waals surface area contributed by atoms with Gasteiger partial charge in [-0.3, -0.25) is 9.59 Å². The minimum Gasteiger partial charge on any atom is -0.550 e. The van der Waals surface area contributed by atoms with Gasteiger partial charge in [-0.05, 0) is 40.5 Å². The Balaban J connectivity index is -0.000000163. The molecule has 0 aromatic rings. The molecule has 0 saturated carbocycles. The molecule has 0 heterocycles. The second kappa shape index (κ2) is 21.1. The Morgan fingerprint density at radius 1 is 0.585 bits per heavy atom. The number of aliphatic carboxylic acids is 2. The first-order chi connectivity index (χ1) is 17.5. The average Bonchev–Trinajstić information content (AvgIpc) is 2.65. The first-order valence-corrected chi connectivity index (χ1v) is 11.2. The van der Waals surface area contributed by atoms with E-state index in [1.165, 1.54) is 0 Å². The van der Waals surface area contributed by atoms with Crippen LogP contribution in [0.4, 0.5) is 43.9 Å². The molecule has 0 saturated heterocycles. The summed E-state index contributed by atoms with van der Waals surface area (Å²) in [5.74, 6) is -23.2. The maximum absolute atomic E-state index is 12.7. The van der Waals surface area contributed by atoms with E-state index in [1.807, 2.05) is 0 Å². The number of carboxylic acid groups (broad SMARTS) is 2. The zero-order chi connectivity index (χ0) is 33.4. The van der Waals surface area contributed by atoms with Gasteiger partial charge in [-0.25, -0.2) is 0 Å². The Labute approximate surface area is 248 Å². The first kappa shape index (κ1) is 49.1. The number of alkyl halides is 10. The fourth-order valence-corrected chi connectivity index (χ4v) is 2.30. The van der Waals surface area contributed by atoms with Crippen molar-refractivity contribution >= 4 is 23.5 Å². The van der Waals surface area contributed by atoms with Gasteiger partial charge < -0.3 is 30.0 Å². The van der Waals surface area contributed by atoms with Crippen LogP contribution in [0.1, 0.15) is 67.2 Å². The smallest absolute Gasteiger partial charge is 0.550 e. The van der Waals surface area contributed by atoms with Crippen LogP contribution < -0.4 is 10.2 Å². The van der Waals surface area contributed by atoms with Crippen LogP contribution in [-0.2, 0) is 45.4 Å². The quantitative estimate of drug-likeness (QED) is 0.260. The number of halogens is 10. The largest absolute Gasteiger partial charge is 2.00 e. The van der Waals surface area contributed by atoms with Crippen LogP contribution in [0.3, 0.4) is 0 Å². The number of carboxylic acids is 2. The molecular formula is C22H32F10O8Zr. The summed E-state index contributed by atoms with van der Waals surface area (Å²) in [7, 11) is 0. The maximum Gasteiger partial charge on any atom is 2.00 e. The van der Waals surface area contributed by atoms with Gasteiger partial charge >= 0.3 is 50.4 Å². The van der Waals surface area contributed by atoms with Crippen molar-refractivity contribution in [2.45, 2.75) is 104 Å². The molecule has 0 aromatic carbocycles. The standard InChI is InChI=1S/2C8H9F5O3.2C3H8O.Zr/c2*1-2-4(5(14)3-6(15)16)7(9,10)8(11,12)13;2*1-3(2)4;/h2*4H,2-3H2,1H3,(H,15,16);2*3-4H,1-2H3;/q;;;;+2/p-2. The first-order valence-electron chi connectivity index (χ1n) is 11.2. The molecule has 0 aliphatic heterocycles. The van der Waals surface area contributed by atoms with Gasteiger partial charge in [0.25, 0.3) is 0 Å². The fraction of sp³-hybridized carbons (Fsp3) is 0.818. The number of Topliss-reactive ketones (excluding diaryl/α,β-unsaturated/α-hetero) is 2. The Morgan fingerprint density at radius 3 is 0.854 bits per heavy atom. The van der Waals surface area contributed by atoms with Crippen LogP contribution in [0.25, 0.3) is 0 Å². The molecule has 0 spiro atoms. The predicted octanol–water partition coefficient (Wildman–Crippen LogP) is 2.61. The molecule has 242 valence electrons. The van der Waals surface area contributed by atoms with Crippen molar-refractivity contribution in [3.05, 3.63) is 0 Å². The molecule has 2 unspecified atom stereocenters. The minimum atomic E-state index is -5.88. The molecule has 0 fully saturated rings. The summed E-state index contributed by atoms with van der Waals surface area (Å²) in [5.41, 5.74) is 0. The zero-order valence-corrected chi connectivity index (χ0v) is 25.2. The van der Waals surface area contributed by atoms with E-state index in [1.54, 1.807) is 27.7 Å². The third kappa shape index (κ3) is 21.7. The maximum atomic E-state index is 12.7. The van der Waals surface area contributed by atoms with Gasteiger partial charge in [-0.2, -0.15) is 43.9 Å². The number of carbonyl (C=O) groups excluding carboxylic acids is 4. The normalized spacial score (nSPS) is 13.2. The summed E-state index contributed by atoms with van der Waals surface area (Å²) in [4.78, 5) is 41.7. The van der Waals surface area contributed by atoms with Crippen molar-refractivity contribution in [3.63, 3.8) is 0 Å². The van der Waals surface area contributed by atoms with Gasteiger partial charge in [0.05, 0.1) is 11.8 Å². The number of hydrogen-bond acceptors (Lipinski definition) is 8. The van der Waals surface area contributed by atoms with Gasteiger partial charge in [0.2, 0.25) is 0 Å². The van der Waals surface area contributed by atoms with E-state index in [-0.39, 0.29) is 38.4 Å². The average molecular weight is 706 g/mol. The summed E-state index contributed by atoms with van der Waals surface area (Å²) in [5, 5.41) is 36.0. The second-order valence-corrected chi connectivity index (χ2v) is 8.38. The molecule has 8 nitrogen and oxygen atoms in total. The Bertz CT molecular complexity index is 716. The number of aliphatic hydroxyl groups excluding tert-OH is 2. The SMILES string of the molecule is CC(C)O.CC(C)O.CCC(C(=O)CC(=O)[O-])C(F)(F)C(F)(F)F.CCC(C(=O)CC(=O)[O-])C(F)(F)C(F)(F)F.[Zr+2]. The van der Waals surface area contributed by atoms with E-state index in [4.69, 9.17) is 10.2 Å². The van der Waals surface area contributed by atoms with Crippen LogP contribution in [0.2, 0.25) is 0 Å². The molecule has 2 atom stereocenters. The van der Waals surface area contributed by atoms with Crippen molar-refractivity contribution < 1.29 is 110 Å². The molecule has 0 radical (unpaired) electrons. The van der Waals surface area contributed by atoms with Crippen LogP contribution in [0.5, 0.6) is 0 Å². The van der Waals surface area contributed by atoms with E-state index in [2.05, 4.69) is 0 Å². The van der Waals surface area contributed by atoms with Gasteiger partial charge in [-0.1, -0.05) is 13.8 Å². The molecule has 41 heavy (non-hydrogen) atoms. The van der Waals surface area contributed by atoms with Crippen LogP contribution >= 0.6 is 0 Å². The van der Waals surface area contributed by atoms with E-state index >= 15 is 0 Å². The number of rotatable bonds is 10. The minimum absolute atomic E-state index is 0. The Morgan fingerprint density at radius 2 is 0.756 bits per heavy atom. The second-order valence-electron chi connectivity index (χ2n) is 8.38. The Hall–Kier alpha value is -1.62. The summed E-state index contributed by atoms with van der Waals surface area (Å²) in [6.45, 7) is 8.77. The molecule has 0 amide bonds. The van der Waals surface area contributed by atoms with Gasteiger partial charge in [-0.15, -0.1) is 0 Å². The van der Waals surface area contributed by atoms with E-state index in [0.717, 1.165) is 13.8 Å². The molecule has 0 bridgehead atoms. The number of hydrogen-bond donors (Lipinski definition) is 2. The van der Waals surface area contributed by atoms with Crippen LogP contribution in [-0.4, -0.2) is 70.1 Å². The van der Waals surface area contributed by atoms with Crippen LogP contribution in [0.15, 0.2) is 0 Å². The van der Waals surface area contributed by atoms with Crippen molar-refractivity contribution in [2.75, 3.05) is 0 Å². The van der Waals surface area contributed by atoms with E-state index < -0.39 is 85.2 Å². The van der Waals surface area contributed by atoms with Gasteiger partial charge in [0.15, 0.2) is 0 Å². The summed E-state index contributed by atoms with van der Waals surface area (Å²) >= 11 is 0. The summed E-state index contributed by atoms with van der Waals surface area (Å²) < 4.78 is 122. The Kier molecular flexibility index (Phi) is 25.3. The number of aliphatic hydroxyl groups is 2. The third-order valence-electron chi connectivity index (χ3n) is 3.86. The monoisotopic (exact) mass is 704 g/mol. The van der Waals surface area contributed by atoms with E-state index in [0.29, 0.717) is 0 Å². The topological polar surface area (TPSA) is 155 Å². The third-order valence-corrected chi connectivity index (χ3v) is 3.86. The molecule has 0 rings (SSSR count). The van der Waals surface area contributed by atoms with E-state index in [9.17, 15) is 73.3 Å². The summed E-state index contributed by atoms with van der Waals surface area (Å²) in [6, 6.07) is 0. The number of ketones is 2. The van der Waals surface area contributed by atoms with Gasteiger partial charge in [0.1, 0.15) is 11.6 Å². The molecule has 0 aliphatic carbocycles. The van der Waals surface area contributed by atoms with Crippen LogP contribution in [0, 0.1) is 11.8 Å². The zero-order valence-electron chi connectivity index (χ0n) is 22.8. The molecule has 0 aliphatic rings. The predicted molar refractivity (Wildman–Crippen MR) is 114 cm³/mol. The van der Waals surface area contributed by atoms with Crippen molar-refractivity contribution in [1.82, 2.24) is 0 Å². The fourth-order valence-electron chi connectivity index (χ4n) is 2.30. The molecule has 2 N–H and O–H groups in total. The molecule has 19 heteroatoms. The number of carbonyl (C=O) groups is 4. The molecular weight excluding hydrogens is 673 g/mol. The van der Waals surface area contributed by atoms with Crippen molar-refractivity contribution in [2.24, 2.45) is 11.8 Å². The molecule has 0 aromatic heterocycles. The van der Waals surface area contributed by atoms with Gasteiger partial charge in [0, 0.05) is 37.0 Å².